The van der Waals surface area contributed by atoms with Crippen molar-refractivity contribution in [2.45, 2.75) is 33.3 Å². The van der Waals surface area contributed by atoms with Crippen LogP contribution in [0.25, 0.3) is 0 Å². The van der Waals surface area contributed by atoms with Gasteiger partial charge in [-0.25, -0.2) is 0 Å². The van der Waals surface area contributed by atoms with Gasteiger partial charge in [0.05, 0.1) is 6.10 Å². The second-order valence-electron chi connectivity index (χ2n) is 5.25. The zero-order chi connectivity index (χ0) is 11.2. The monoisotopic (exact) mass is 224 g/mol. The van der Waals surface area contributed by atoms with Crippen molar-refractivity contribution in [3.8, 4) is 0 Å². The molecule has 15 heavy (non-hydrogen) atoms. The molecule has 0 amide bonds. The van der Waals surface area contributed by atoms with Gasteiger partial charge in [-0.1, -0.05) is 37.6 Å². The molecule has 0 heterocycles. The fourth-order valence-corrected chi connectivity index (χ4v) is 2.26. The van der Waals surface area contributed by atoms with Crippen LogP contribution < -0.4 is 0 Å². The molecule has 0 bridgehead atoms. The summed E-state index contributed by atoms with van der Waals surface area (Å²) in [5, 5.41) is 10.9. The highest BCUT2D eigenvalue weighted by Crippen LogP contribution is 2.57. The van der Waals surface area contributed by atoms with Crippen LogP contribution in [0, 0.1) is 18.3 Å². The topological polar surface area (TPSA) is 20.2 Å². The van der Waals surface area contributed by atoms with Gasteiger partial charge in [0, 0.05) is 5.02 Å². The molecule has 0 aliphatic heterocycles. The molecule has 1 aromatic carbocycles. The van der Waals surface area contributed by atoms with E-state index < -0.39 is 0 Å². The summed E-state index contributed by atoms with van der Waals surface area (Å²) in [7, 11) is 0. The maximum absolute atomic E-state index is 10.2. The van der Waals surface area contributed by atoms with Gasteiger partial charge in [0.15, 0.2) is 0 Å². The summed E-state index contributed by atoms with van der Waals surface area (Å²) in [5.74, 6) is 0.385. The summed E-state index contributed by atoms with van der Waals surface area (Å²) in [6.45, 7) is 6.35. The van der Waals surface area contributed by atoms with Crippen LogP contribution in [0.2, 0.25) is 5.02 Å². The molecule has 1 saturated carbocycles. The zero-order valence-electron chi connectivity index (χ0n) is 9.42. The number of benzene rings is 1. The van der Waals surface area contributed by atoms with E-state index in [0.29, 0.717) is 5.92 Å². The van der Waals surface area contributed by atoms with Crippen molar-refractivity contribution in [3.63, 3.8) is 0 Å². The van der Waals surface area contributed by atoms with E-state index in [4.69, 9.17) is 11.6 Å². The first kappa shape index (κ1) is 11.0. The summed E-state index contributed by atoms with van der Waals surface area (Å²) >= 11 is 6.04. The summed E-state index contributed by atoms with van der Waals surface area (Å²) in [6.07, 6.45) is 0.734. The van der Waals surface area contributed by atoms with Crippen LogP contribution in [0.4, 0.5) is 0 Å². The van der Waals surface area contributed by atoms with Crippen molar-refractivity contribution in [3.05, 3.63) is 34.3 Å². The molecule has 2 atom stereocenters. The minimum absolute atomic E-state index is 0.288. The number of hydrogen-bond acceptors (Lipinski definition) is 1. The van der Waals surface area contributed by atoms with Crippen molar-refractivity contribution >= 4 is 11.6 Å². The van der Waals surface area contributed by atoms with E-state index in [1.807, 2.05) is 25.1 Å². The molecule has 82 valence electrons. The van der Waals surface area contributed by atoms with E-state index in [0.717, 1.165) is 22.6 Å². The number of aliphatic hydroxyl groups is 1. The zero-order valence-corrected chi connectivity index (χ0v) is 10.2. The fourth-order valence-electron chi connectivity index (χ4n) is 2.07. The molecule has 1 aliphatic carbocycles. The molecular formula is C13H17ClO. The summed E-state index contributed by atoms with van der Waals surface area (Å²) in [5.41, 5.74) is 2.29. The standard InChI is InChI=1S/C13H17ClO/c1-8-4-5-9(6-11(8)14)12(15)10-7-13(10,2)3/h4-6,10,12,15H,7H2,1-3H3. The van der Waals surface area contributed by atoms with Gasteiger partial charge in [-0.15, -0.1) is 0 Å². The summed E-state index contributed by atoms with van der Waals surface area (Å²) in [4.78, 5) is 0. The third-order valence-corrected chi connectivity index (χ3v) is 3.92. The van der Waals surface area contributed by atoms with E-state index in [-0.39, 0.29) is 11.5 Å². The van der Waals surface area contributed by atoms with E-state index in [1.165, 1.54) is 0 Å². The van der Waals surface area contributed by atoms with Crippen LogP contribution in [0.1, 0.15) is 37.5 Å². The predicted octanol–water partition coefficient (Wildman–Crippen LogP) is 3.73. The third-order valence-electron chi connectivity index (χ3n) is 3.51. The lowest BCUT2D eigenvalue weighted by molar-refractivity contribution is 0.138. The first-order valence-electron chi connectivity index (χ1n) is 5.36. The Morgan fingerprint density at radius 3 is 2.53 bits per heavy atom. The maximum atomic E-state index is 10.2. The molecule has 1 N–H and O–H groups in total. The van der Waals surface area contributed by atoms with Crippen molar-refractivity contribution in [2.75, 3.05) is 0 Å². The van der Waals surface area contributed by atoms with Gasteiger partial charge in [-0.3, -0.25) is 0 Å². The molecule has 0 aromatic heterocycles. The minimum atomic E-state index is -0.363. The SMILES string of the molecule is Cc1ccc(C(O)C2CC2(C)C)cc1Cl. The van der Waals surface area contributed by atoms with Crippen LogP contribution in [-0.4, -0.2) is 5.11 Å². The first-order chi connectivity index (χ1) is 6.92. The number of aliphatic hydroxyl groups excluding tert-OH is 1. The Kier molecular flexibility index (Phi) is 2.56. The van der Waals surface area contributed by atoms with Gasteiger partial charge in [0.25, 0.3) is 0 Å². The molecule has 2 rings (SSSR count). The molecule has 2 heteroatoms. The van der Waals surface area contributed by atoms with E-state index in [1.54, 1.807) is 0 Å². The molecule has 1 nitrogen and oxygen atoms in total. The molecule has 0 saturated heterocycles. The van der Waals surface area contributed by atoms with Crippen LogP contribution in [0.5, 0.6) is 0 Å². The van der Waals surface area contributed by atoms with Crippen molar-refractivity contribution < 1.29 is 5.11 Å². The first-order valence-corrected chi connectivity index (χ1v) is 5.74. The van der Waals surface area contributed by atoms with Crippen molar-refractivity contribution in [1.82, 2.24) is 0 Å². The van der Waals surface area contributed by atoms with Crippen LogP contribution >= 0.6 is 11.6 Å². The van der Waals surface area contributed by atoms with Crippen LogP contribution in [0.3, 0.4) is 0 Å². The Hall–Kier alpha value is -0.530. The highest BCUT2D eigenvalue weighted by atomic mass is 35.5. The summed E-state index contributed by atoms with van der Waals surface area (Å²) in [6, 6.07) is 5.83. The van der Waals surface area contributed by atoms with E-state index >= 15 is 0 Å². The lowest BCUT2D eigenvalue weighted by atomic mass is 9.99. The number of halogens is 1. The van der Waals surface area contributed by atoms with Crippen LogP contribution in [-0.2, 0) is 0 Å². The molecule has 0 spiro atoms. The van der Waals surface area contributed by atoms with Crippen molar-refractivity contribution in [2.24, 2.45) is 11.3 Å². The van der Waals surface area contributed by atoms with Crippen LogP contribution in [0.15, 0.2) is 18.2 Å². The average Bonchev–Trinajstić information content (AvgIpc) is 2.79. The van der Waals surface area contributed by atoms with E-state index in [2.05, 4.69) is 13.8 Å². The third kappa shape index (κ3) is 2.04. The Morgan fingerprint density at radius 2 is 2.07 bits per heavy atom. The maximum Gasteiger partial charge on any atom is 0.0824 e. The van der Waals surface area contributed by atoms with Gasteiger partial charge in [-0.2, -0.15) is 0 Å². The Morgan fingerprint density at radius 1 is 1.47 bits per heavy atom. The Balaban J connectivity index is 2.20. The van der Waals surface area contributed by atoms with Gasteiger partial charge < -0.3 is 5.11 Å². The molecule has 1 aliphatic rings. The molecule has 0 radical (unpaired) electrons. The Labute approximate surface area is 96.1 Å². The smallest absolute Gasteiger partial charge is 0.0824 e. The molecule has 1 fully saturated rings. The number of hydrogen-bond donors (Lipinski definition) is 1. The van der Waals surface area contributed by atoms with Gasteiger partial charge in [0.1, 0.15) is 0 Å². The highest BCUT2D eigenvalue weighted by molar-refractivity contribution is 6.31. The predicted molar refractivity (Wildman–Crippen MR) is 63.0 cm³/mol. The van der Waals surface area contributed by atoms with Gasteiger partial charge in [0.2, 0.25) is 0 Å². The second kappa shape index (κ2) is 3.50. The highest BCUT2D eigenvalue weighted by Gasteiger charge is 2.50. The number of aryl methyl sites for hydroxylation is 1. The van der Waals surface area contributed by atoms with Gasteiger partial charge >= 0.3 is 0 Å². The fraction of sp³-hybridized carbons (Fsp3) is 0.538. The minimum Gasteiger partial charge on any atom is -0.388 e. The average molecular weight is 225 g/mol. The normalized spacial score (nSPS) is 25.0. The number of rotatable bonds is 2. The molecule has 1 aromatic rings. The van der Waals surface area contributed by atoms with E-state index in [9.17, 15) is 5.11 Å². The summed E-state index contributed by atoms with van der Waals surface area (Å²) < 4.78 is 0. The quantitative estimate of drug-likeness (QED) is 0.812. The second-order valence-corrected chi connectivity index (χ2v) is 5.66. The molecule has 2 unspecified atom stereocenters. The lowest BCUT2D eigenvalue weighted by Gasteiger charge is -2.13. The lowest BCUT2D eigenvalue weighted by Crippen LogP contribution is -2.04. The van der Waals surface area contributed by atoms with Gasteiger partial charge in [-0.05, 0) is 41.9 Å². The largest absolute Gasteiger partial charge is 0.388 e. The van der Waals surface area contributed by atoms with Crippen molar-refractivity contribution in [1.29, 1.82) is 0 Å². The molecular weight excluding hydrogens is 208 g/mol. The Bertz CT molecular complexity index is 384.